The number of halogens is 1. The van der Waals surface area contributed by atoms with Gasteiger partial charge in [-0.2, -0.15) is 0 Å². The third-order valence-corrected chi connectivity index (χ3v) is 9.65. The Hall–Kier alpha value is -4.59. The van der Waals surface area contributed by atoms with Gasteiger partial charge in [0, 0.05) is 57.4 Å². The van der Waals surface area contributed by atoms with E-state index in [0.29, 0.717) is 24.7 Å². The molecule has 0 aromatic heterocycles. The molecule has 2 aromatic rings. The fourth-order valence-corrected chi connectivity index (χ4v) is 7.03. The van der Waals surface area contributed by atoms with Crippen molar-refractivity contribution in [2.45, 2.75) is 44.6 Å². The van der Waals surface area contributed by atoms with E-state index >= 15 is 0 Å². The fourth-order valence-electron chi connectivity index (χ4n) is 7.03. The Kier molecular flexibility index (Phi) is 8.89. The fraction of sp³-hybridized carbons (Fsp3) is 0.500. The number of carbonyl (C=O) groups is 4. The zero-order valence-electron chi connectivity index (χ0n) is 25.7. The molecule has 244 valence electrons. The average molecular weight is 637 g/mol. The molecule has 0 radical (unpaired) electrons. The van der Waals surface area contributed by atoms with Crippen LogP contribution in [0.15, 0.2) is 30.3 Å². The van der Waals surface area contributed by atoms with Crippen LogP contribution in [0.3, 0.4) is 0 Å². The van der Waals surface area contributed by atoms with E-state index in [9.17, 15) is 33.7 Å². The van der Waals surface area contributed by atoms with Gasteiger partial charge in [0.15, 0.2) is 11.6 Å². The molecule has 2 aromatic carbocycles. The van der Waals surface area contributed by atoms with Crippen LogP contribution in [-0.2, 0) is 9.59 Å². The average Bonchev–Trinajstić information content (AvgIpc) is 3.30. The second-order valence-corrected chi connectivity index (χ2v) is 12.3. The minimum atomic E-state index is -0.980. The number of nitrogens with zero attached hydrogens (tertiary/aromatic N) is 5. The van der Waals surface area contributed by atoms with Crippen LogP contribution < -0.4 is 19.9 Å². The van der Waals surface area contributed by atoms with Gasteiger partial charge in [-0.15, -0.1) is 0 Å². The van der Waals surface area contributed by atoms with E-state index in [1.165, 1.54) is 13.2 Å². The predicted octanol–water partition coefficient (Wildman–Crippen LogP) is 2.96. The summed E-state index contributed by atoms with van der Waals surface area (Å²) in [4.78, 5) is 68.2. The number of imide groups is 2. The van der Waals surface area contributed by atoms with Crippen molar-refractivity contribution in [1.82, 2.24) is 15.1 Å². The number of ether oxygens (including phenoxy) is 1. The van der Waals surface area contributed by atoms with Crippen LogP contribution in [-0.4, -0.2) is 97.3 Å². The normalized spacial score (nSPS) is 21.1. The van der Waals surface area contributed by atoms with E-state index in [4.69, 9.17) is 4.74 Å². The smallest absolute Gasteiger partial charge is 0.313 e. The minimum absolute atomic E-state index is 0.0554. The zero-order valence-corrected chi connectivity index (χ0v) is 25.7. The lowest BCUT2D eigenvalue weighted by Gasteiger charge is -2.37. The molecule has 0 bridgehead atoms. The van der Waals surface area contributed by atoms with Gasteiger partial charge in [-0.1, -0.05) is 0 Å². The van der Waals surface area contributed by atoms with Crippen molar-refractivity contribution < 1.29 is 33.2 Å². The molecule has 4 aliphatic heterocycles. The lowest BCUT2D eigenvalue weighted by molar-refractivity contribution is -0.385. The monoisotopic (exact) mass is 636 g/mol. The Bertz CT molecular complexity index is 1570. The van der Waals surface area contributed by atoms with Crippen LogP contribution in [0, 0.1) is 21.8 Å². The quantitative estimate of drug-likeness (QED) is 0.248. The maximum absolute atomic E-state index is 14.7. The van der Waals surface area contributed by atoms with Crippen molar-refractivity contribution >= 4 is 40.7 Å². The highest BCUT2D eigenvalue weighted by Gasteiger charge is 2.44. The topological polar surface area (TPSA) is 146 Å². The van der Waals surface area contributed by atoms with Crippen LogP contribution in [0.25, 0.3) is 0 Å². The van der Waals surface area contributed by atoms with Crippen molar-refractivity contribution in [3.63, 3.8) is 0 Å². The lowest BCUT2D eigenvalue weighted by atomic mass is 9.91. The Morgan fingerprint density at radius 2 is 1.65 bits per heavy atom. The number of anilines is 2. The Labute approximate surface area is 265 Å². The van der Waals surface area contributed by atoms with Gasteiger partial charge in [-0.05, 0) is 62.8 Å². The van der Waals surface area contributed by atoms with Gasteiger partial charge in [0.05, 0.1) is 34.9 Å². The second-order valence-electron chi connectivity index (χ2n) is 12.3. The van der Waals surface area contributed by atoms with E-state index in [0.717, 1.165) is 75.1 Å². The molecule has 3 saturated heterocycles. The van der Waals surface area contributed by atoms with Gasteiger partial charge >= 0.3 is 5.69 Å². The molecule has 6 rings (SSSR count). The molecule has 3 fully saturated rings. The molecule has 4 amide bonds. The maximum Gasteiger partial charge on any atom is 0.313 e. The highest BCUT2D eigenvalue weighted by Crippen LogP contribution is 2.36. The maximum atomic E-state index is 14.7. The number of benzene rings is 2. The van der Waals surface area contributed by atoms with E-state index in [-0.39, 0.29) is 35.4 Å². The van der Waals surface area contributed by atoms with Gasteiger partial charge in [-0.25, -0.2) is 4.39 Å². The number of nitro benzene ring substituents is 1. The van der Waals surface area contributed by atoms with Crippen molar-refractivity contribution in [2.75, 3.05) is 62.7 Å². The molecular formula is C32H37FN6O7. The summed E-state index contributed by atoms with van der Waals surface area (Å²) >= 11 is 0. The molecule has 0 spiro atoms. The molecule has 4 aliphatic rings. The first-order valence-corrected chi connectivity index (χ1v) is 15.7. The Morgan fingerprint density at radius 1 is 0.935 bits per heavy atom. The van der Waals surface area contributed by atoms with Gasteiger partial charge in [0.25, 0.3) is 11.8 Å². The van der Waals surface area contributed by atoms with Gasteiger partial charge in [-0.3, -0.25) is 44.4 Å². The molecule has 13 nitrogen and oxygen atoms in total. The number of rotatable bonds is 9. The van der Waals surface area contributed by atoms with Crippen LogP contribution in [0.4, 0.5) is 21.5 Å². The third-order valence-electron chi connectivity index (χ3n) is 9.65. The van der Waals surface area contributed by atoms with Crippen LogP contribution in [0.2, 0.25) is 0 Å². The van der Waals surface area contributed by atoms with Crippen molar-refractivity contribution in [3.8, 4) is 5.75 Å². The summed E-state index contributed by atoms with van der Waals surface area (Å²) in [5.74, 6) is -2.05. The van der Waals surface area contributed by atoms with Crippen LogP contribution in [0.5, 0.6) is 5.75 Å². The number of methoxy groups -OCH3 is 1. The lowest BCUT2D eigenvalue weighted by Crippen LogP contribution is -2.54. The number of hydrogen-bond donors (Lipinski definition) is 1. The number of carbonyl (C=O) groups excluding carboxylic acids is 4. The molecular weight excluding hydrogens is 599 g/mol. The standard InChI is InChI=1S/C32H37FN6O7/c1-46-28-19-26(24(33)18-27(28)39(44)45)37-11-8-20(9-12-37)3-2-10-35-13-15-36(16-14-35)21-4-5-22-23(17-21)32(43)38(31(22)42)25-6-7-29(40)34-30(25)41/h4-5,17-20,25H,2-3,6-16H2,1H3,(H,34,40,41). The van der Waals surface area contributed by atoms with Crippen LogP contribution >= 0.6 is 0 Å². The molecule has 0 aliphatic carbocycles. The first kappa shape index (κ1) is 31.4. The summed E-state index contributed by atoms with van der Waals surface area (Å²) in [6.45, 7) is 5.63. The Morgan fingerprint density at radius 3 is 2.33 bits per heavy atom. The number of hydrogen-bond acceptors (Lipinski definition) is 10. The number of fused-ring (bicyclic) bond motifs is 1. The molecule has 0 saturated carbocycles. The SMILES string of the molecule is COc1cc(N2CCC(CCCN3CCN(c4ccc5c(c4)C(=O)N(C4CCC(=O)NC4=O)C5=O)CC3)CC2)c(F)cc1[N+](=O)[O-]. The molecule has 1 unspecified atom stereocenters. The summed E-state index contributed by atoms with van der Waals surface area (Å²) in [7, 11) is 1.34. The summed E-state index contributed by atoms with van der Waals surface area (Å²) in [5, 5.41) is 13.4. The molecule has 46 heavy (non-hydrogen) atoms. The summed E-state index contributed by atoms with van der Waals surface area (Å²) in [6, 6.07) is 6.61. The van der Waals surface area contributed by atoms with Crippen molar-refractivity contribution in [1.29, 1.82) is 0 Å². The number of piperazine rings is 1. The summed E-state index contributed by atoms with van der Waals surface area (Å²) in [6.07, 6.45) is 4.18. The molecule has 4 heterocycles. The van der Waals surface area contributed by atoms with Gasteiger partial charge in [0.2, 0.25) is 11.8 Å². The molecule has 14 heteroatoms. The highest BCUT2D eigenvalue weighted by molar-refractivity contribution is 6.23. The zero-order chi connectivity index (χ0) is 32.5. The van der Waals surface area contributed by atoms with Crippen molar-refractivity contribution in [3.05, 3.63) is 57.4 Å². The number of piperidine rings is 2. The van der Waals surface area contributed by atoms with Gasteiger partial charge in [0.1, 0.15) is 6.04 Å². The number of nitrogens with one attached hydrogen (secondary N) is 1. The summed E-state index contributed by atoms with van der Waals surface area (Å²) < 4.78 is 19.8. The van der Waals surface area contributed by atoms with E-state index < -0.39 is 40.4 Å². The van der Waals surface area contributed by atoms with Crippen molar-refractivity contribution in [2.24, 2.45) is 5.92 Å². The number of nitro groups is 1. The second kappa shape index (κ2) is 13.0. The molecule has 1 atom stereocenters. The highest BCUT2D eigenvalue weighted by atomic mass is 19.1. The predicted molar refractivity (Wildman–Crippen MR) is 166 cm³/mol. The van der Waals surface area contributed by atoms with E-state index in [1.807, 2.05) is 11.0 Å². The van der Waals surface area contributed by atoms with Crippen LogP contribution in [0.1, 0.15) is 59.2 Å². The minimum Gasteiger partial charge on any atom is -0.490 e. The first-order valence-electron chi connectivity index (χ1n) is 15.7. The van der Waals surface area contributed by atoms with E-state index in [2.05, 4.69) is 15.1 Å². The number of amides is 4. The first-order chi connectivity index (χ1) is 22.1. The molecule has 1 N–H and O–H groups in total. The summed E-state index contributed by atoms with van der Waals surface area (Å²) in [5.41, 5.74) is 1.39. The largest absolute Gasteiger partial charge is 0.490 e. The van der Waals surface area contributed by atoms with E-state index in [1.54, 1.807) is 12.1 Å². The Balaban J connectivity index is 0.956. The van der Waals surface area contributed by atoms with Gasteiger partial charge < -0.3 is 14.5 Å². The third kappa shape index (κ3) is 6.13.